The van der Waals surface area contributed by atoms with Crippen LogP contribution in [0.25, 0.3) is 0 Å². The number of carbonyl (C=O) groups is 1. The SMILES string of the molecule is CC(C=O)C(C)c1ccc(F)cc1. The predicted molar refractivity (Wildman–Crippen MR) is 50.0 cm³/mol. The van der Waals surface area contributed by atoms with E-state index in [0.29, 0.717) is 0 Å². The molecule has 1 nitrogen and oxygen atoms in total. The molecule has 0 heterocycles. The van der Waals surface area contributed by atoms with E-state index < -0.39 is 0 Å². The smallest absolute Gasteiger partial charge is 0.123 e. The van der Waals surface area contributed by atoms with Crippen molar-refractivity contribution in [1.82, 2.24) is 0 Å². The van der Waals surface area contributed by atoms with Crippen LogP contribution in [0.5, 0.6) is 0 Å². The molecule has 1 aromatic carbocycles. The van der Waals surface area contributed by atoms with E-state index in [0.717, 1.165) is 11.8 Å². The van der Waals surface area contributed by atoms with Crippen molar-refractivity contribution in [2.24, 2.45) is 5.92 Å². The minimum atomic E-state index is -0.241. The van der Waals surface area contributed by atoms with Crippen LogP contribution in [0.15, 0.2) is 24.3 Å². The lowest BCUT2D eigenvalue weighted by molar-refractivity contribution is -0.111. The molecule has 0 bridgehead atoms. The van der Waals surface area contributed by atoms with Gasteiger partial charge in [0.25, 0.3) is 0 Å². The summed E-state index contributed by atoms with van der Waals surface area (Å²) in [5.41, 5.74) is 1.00. The van der Waals surface area contributed by atoms with Gasteiger partial charge in [-0.15, -0.1) is 0 Å². The van der Waals surface area contributed by atoms with Crippen molar-refractivity contribution in [3.63, 3.8) is 0 Å². The first-order valence-corrected chi connectivity index (χ1v) is 4.36. The number of carbonyl (C=O) groups excluding carboxylic acids is 1. The van der Waals surface area contributed by atoms with E-state index in [9.17, 15) is 9.18 Å². The summed E-state index contributed by atoms with van der Waals surface area (Å²) >= 11 is 0. The molecule has 2 heteroatoms. The Labute approximate surface area is 77.6 Å². The second kappa shape index (κ2) is 4.17. The van der Waals surface area contributed by atoms with E-state index >= 15 is 0 Å². The molecule has 1 rings (SSSR count). The predicted octanol–water partition coefficient (Wildman–Crippen LogP) is 2.76. The number of rotatable bonds is 3. The average Bonchev–Trinajstić information content (AvgIpc) is 2.17. The first-order valence-electron chi connectivity index (χ1n) is 4.36. The van der Waals surface area contributed by atoms with Gasteiger partial charge in [-0.25, -0.2) is 4.39 Å². The van der Waals surface area contributed by atoms with Gasteiger partial charge in [-0.2, -0.15) is 0 Å². The molecular weight excluding hydrogens is 167 g/mol. The summed E-state index contributed by atoms with van der Waals surface area (Å²) in [5.74, 6) is -0.113. The Morgan fingerprint density at radius 2 is 1.77 bits per heavy atom. The van der Waals surface area contributed by atoms with Gasteiger partial charge in [-0.3, -0.25) is 0 Å². The molecule has 0 aliphatic carbocycles. The number of aldehydes is 1. The van der Waals surface area contributed by atoms with Crippen LogP contribution in [0.4, 0.5) is 4.39 Å². The zero-order valence-electron chi connectivity index (χ0n) is 7.83. The van der Waals surface area contributed by atoms with E-state index in [1.54, 1.807) is 12.1 Å². The summed E-state index contributed by atoms with van der Waals surface area (Å²) in [6, 6.07) is 6.28. The monoisotopic (exact) mass is 180 g/mol. The molecule has 0 spiro atoms. The van der Waals surface area contributed by atoms with E-state index in [-0.39, 0.29) is 17.7 Å². The molecule has 0 saturated heterocycles. The standard InChI is InChI=1S/C11H13FO/c1-8(7-13)9(2)10-3-5-11(12)6-4-10/h3-9H,1-2H3. The zero-order valence-corrected chi connectivity index (χ0v) is 7.83. The lowest BCUT2D eigenvalue weighted by Gasteiger charge is -2.14. The molecule has 0 N–H and O–H groups in total. The third kappa shape index (κ3) is 2.38. The van der Waals surface area contributed by atoms with E-state index in [4.69, 9.17) is 0 Å². The van der Waals surface area contributed by atoms with Crippen LogP contribution in [-0.2, 0) is 4.79 Å². The van der Waals surface area contributed by atoms with Crippen molar-refractivity contribution < 1.29 is 9.18 Å². The molecule has 1 aromatic rings. The lowest BCUT2D eigenvalue weighted by atomic mass is 9.90. The second-order valence-corrected chi connectivity index (χ2v) is 3.34. The molecule has 0 aromatic heterocycles. The van der Waals surface area contributed by atoms with Crippen molar-refractivity contribution in [2.75, 3.05) is 0 Å². The molecule has 0 radical (unpaired) electrons. The molecule has 0 amide bonds. The second-order valence-electron chi connectivity index (χ2n) is 3.34. The summed E-state index contributed by atoms with van der Waals surface area (Å²) in [4.78, 5) is 10.5. The molecule has 70 valence electrons. The summed E-state index contributed by atoms with van der Waals surface area (Å²) < 4.78 is 12.6. The van der Waals surface area contributed by atoms with Crippen molar-refractivity contribution in [3.8, 4) is 0 Å². The van der Waals surface area contributed by atoms with Crippen LogP contribution in [0, 0.1) is 11.7 Å². The molecule has 13 heavy (non-hydrogen) atoms. The molecule has 2 unspecified atom stereocenters. The Balaban J connectivity index is 2.82. The molecule has 2 atom stereocenters. The van der Waals surface area contributed by atoms with Crippen molar-refractivity contribution in [1.29, 1.82) is 0 Å². The van der Waals surface area contributed by atoms with Crippen LogP contribution in [0.3, 0.4) is 0 Å². The fourth-order valence-electron chi connectivity index (χ4n) is 1.19. The Morgan fingerprint density at radius 3 is 2.23 bits per heavy atom. The maximum atomic E-state index is 12.6. The Kier molecular flexibility index (Phi) is 3.18. The van der Waals surface area contributed by atoms with Crippen LogP contribution in [0.2, 0.25) is 0 Å². The summed E-state index contributed by atoms with van der Waals surface area (Å²) in [5, 5.41) is 0. The molecular formula is C11H13FO. The van der Waals surface area contributed by atoms with Gasteiger partial charge in [-0.1, -0.05) is 26.0 Å². The Morgan fingerprint density at radius 1 is 1.23 bits per heavy atom. The van der Waals surface area contributed by atoms with Crippen LogP contribution < -0.4 is 0 Å². The van der Waals surface area contributed by atoms with Gasteiger partial charge in [0.1, 0.15) is 12.1 Å². The van der Waals surface area contributed by atoms with E-state index in [1.165, 1.54) is 12.1 Å². The van der Waals surface area contributed by atoms with Crippen molar-refractivity contribution in [2.45, 2.75) is 19.8 Å². The van der Waals surface area contributed by atoms with Gasteiger partial charge in [0.05, 0.1) is 0 Å². The number of hydrogen-bond donors (Lipinski definition) is 0. The quantitative estimate of drug-likeness (QED) is 0.654. The maximum absolute atomic E-state index is 12.6. The van der Waals surface area contributed by atoms with Gasteiger partial charge < -0.3 is 4.79 Å². The normalized spacial score (nSPS) is 15.0. The number of benzene rings is 1. The first kappa shape index (κ1) is 9.90. The van der Waals surface area contributed by atoms with Crippen molar-refractivity contribution in [3.05, 3.63) is 35.6 Å². The van der Waals surface area contributed by atoms with Crippen LogP contribution >= 0.6 is 0 Å². The molecule has 0 aliphatic heterocycles. The van der Waals surface area contributed by atoms with Gasteiger partial charge in [0.2, 0.25) is 0 Å². The highest BCUT2D eigenvalue weighted by Crippen LogP contribution is 2.22. The lowest BCUT2D eigenvalue weighted by Crippen LogP contribution is -2.07. The largest absolute Gasteiger partial charge is 0.303 e. The minimum absolute atomic E-state index is 0.0227. The topological polar surface area (TPSA) is 17.1 Å². The van der Waals surface area contributed by atoms with Crippen LogP contribution in [-0.4, -0.2) is 6.29 Å². The summed E-state index contributed by atoms with van der Waals surface area (Å²) in [6.45, 7) is 3.83. The highest BCUT2D eigenvalue weighted by Gasteiger charge is 2.12. The molecule has 0 saturated carbocycles. The van der Waals surface area contributed by atoms with Gasteiger partial charge >= 0.3 is 0 Å². The molecule has 0 aliphatic rings. The van der Waals surface area contributed by atoms with Gasteiger partial charge in [-0.05, 0) is 23.6 Å². The number of hydrogen-bond acceptors (Lipinski definition) is 1. The third-order valence-electron chi connectivity index (χ3n) is 2.40. The third-order valence-corrected chi connectivity index (χ3v) is 2.40. The minimum Gasteiger partial charge on any atom is -0.303 e. The zero-order chi connectivity index (χ0) is 9.84. The number of halogens is 1. The summed E-state index contributed by atoms with van der Waals surface area (Å²) in [6.07, 6.45) is 0.925. The highest BCUT2D eigenvalue weighted by molar-refractivity contribution is 5.55. The molecule has 0 fully saturated rings. The van der Waals surface area contributed by atoms with Gasteiger partial charge in [0, 0.05) is 5.92 Å². The van der Waals surface area contributed by atoms with Crippen LogP contribution in [0.1, 0.15) is 25.3 Å². The van der Waals surface area contributed by atoms with Crippen molar-refractivity contribution >= 4 is 6.29 Å². The first-order chi connectivity index (χ1) is 6.15. The van der Waals surface area contributed by atoms with E-state index in [1.807, 2.05) is 13.8 Å². The Hall–Kier alpha value is -1.18. The Bertz CT molecular complexity index is 279. The maximum Gasteiger partial charge on any atom is 0.123 e. The summed E-state index contributed by atoms with van der Waals surface area (Å²) in [7, 11) is 0. The van der Waals surface area contributed by atoms with E-state index in [2.05, 4.69) is 0 Å². The average molecular weight is 180 g/mol. The van der Waals surface area contributed by atoms with Gasteiger partial charge in [0.15, 0.2) is 0 Å². The highest BCUT2D eigenvalue weighted by atomic mass is 19.1. The fourth-order valence-corrected chi connectivity index (χ4v) is 1.19. The fraction of sp³-hybridized carbons (Fsp3) is 0.364.